The highest BCUT2D eigenvalue weighted by Gasteiger charge is 1.97. The molecule has 2 heteroatoms. The fourth-order valence-corrected chi connectivity index (χ4v) is 0.625. The number of aliphatic hydroxyl groups excluding tert-OH is 1. The Morgan fingerprint density at radius 2 is 1.07 bits per heavy atom. The van der Waals surface area contributed by atoms with Crippen LogP contribution in [0, 0.1) is 0 Å². The maximum atomic E-state index is 8.58. The van der Waals surface area contributed by atoms with Gasteiger partial charge in [0.25, 0.3) is 0 Å². The van der Waals surface area contributed by atoms with Gasteiger partial charge in [0, 0.05) is 5.56 Å². The molecule has 1 aromatic carbocycles. The minimum atomic E-state index is -1.34. The Bertz CT molecular complexity index is 171. The van der Waals surface area contributed by atoms with Gasteiger partial charge in [0.2, 0.25) is 0 Å². The van der Waals surface area contributed by atoms with Crippen molar-refractivity contribution in [1.82, 2.24) is 0 Å². The first-order valence-corrected chi connectivity index (χ1v) is 5.72. The first-order valence-electron chi connectivity index (χ1n) is 5.72. The van der Waals surface area contributed by atoms with Crippen molar-refractivity contribution >= 4 is 0 Å². The molecule has 0 aliphatic rings. The summed E-state index contributed by atoms with van der Waals surface area (Å²) >= 11 is 0. The van der Waals surface area contributed by atoms with Crippen molar-refractivity contribution in [2.24, 2.45) is 0 Å². The molecule has 0 aromatic heterocycles. The number of hydrogen-bond acceptors (Lipinski definition) is 2. The van der Waals surface area contributed by atoms with Gasteiger partial charge >= 0.3 is 0 Å². The van der Waals surface area contributed by atoms with E-state index in [1.165, 1.54) is 0 Å². The lowest BCUT2D eigenvalue weighted by molar-refractivity contribution is -0.0424. The zero-order valence-electron chi connectivity index (χ0n) is 10.9. The van der Waals surface area contributed by atoms with Gasteiger partial charge in [-0.2, -0.15) is 0 Å². The average Bonchev–Trinajstić information content (AvgIpc) is 2.38. The van der Waals surface area contributed by atoms with E-state index < -0.39 is 6.29 Å². The monoisotopic (exact) mass is 214 g/mol. The van der Waals surface area contributed by atoms with E-state index in [9.17, 15) is 0 Å². The summed E-state index contributed by atoms with van der Waals surface area (Å²) in [6.07, 6.45) is -1.34. The molecule has 0 saturated heterocycles. The minimum absolute atomic E-state index is 0.525. The fraction of sp³-hybridized carbons (Fsp3) is 0.538. The van der Waals surface area contributed by atoms with Gasteiger partial charge in [-0.25, -0.2) is 0 Å². The van der Waals surface area contributed by atoms with Crippen LogP contribution in [0.1, 0.15) is 53.4 Å². The van der Waals surface area contributed by atoms with Crippen LogP contribution >= 0.6 is 0 Å². The molecule has 0 spiro atoms. The predicted molar refractivity (Wildman–Crippen MR) is 67.7 cm³/mol. The van der Waals surface area contributed by atoms with Crippen LogP contribution in [-0.4, -0.2) is 10.2 Å². The topological polar surface area (TPSA) is 40.5 Å². The second-order valence-electron chi connectivity index (χ2n) is 1.78. The van der Waals surface area contributed by atoms with Gasteiger partial charge in [-0.15, -0.1) is 0 Å². The first-order chi connectivity index (χ1) is 7.30. The molecule has 0 radical (unpaired) electrons. The Morgan fingerprint density at radius 1 is 0.733 bits per heavy atom. The highest BCUT2D eigenvalue weighted by atomic mass is 16.5. The van der Waals surface area contributed by atoms with Crippen molar-refractivity contribution in [3.63, 3.8) is 0 Å². The molecule has 2 nitrogen and oxygen atoms in total. The highest BCUT2D eigenvalue weighted by molar-refractivity contribution is 5.15. The summed E-state index contributed by atoms with van der Waals surface area (Å²) < 4.78 is 0. The third kappa shape index (κ3) is 13.1. The molecule has 0 atom stereocenters. The van der Waals surface area contributed by atoms with E-state index in [1.54, 1.807) is 24.3 Å². The smallest absolute Gasteiger partial charge is 0.178 e. The molecule has 0 saturated carbocycles. The average molecular weight is 214 g/mol. The van der Waals surface area contributed by atoms with Crippen molar-refractivity contribution in [2.75, 3.05) is 0 Å². The van der Waals surface area contributed by atoms with Crippen LogP contribution in [0.2, 0.25) is 0 Å². The second-order valence-corrected chi connectivity index (χ2v) is 1.78. The summed E-state index contributed by atoms with van der Waals surface area (Å²) in [6.45, 7) is 12.0. The Hall–Kier alpha value is -0.860. The molecule has 90 valence electrons. The first kappa shape index (κ1) is 19.7. The van der Waals surface area contributed by atoms with Crippen molar-refractivity contribution in [2.45, 2.75) is 47.8 Å². The normalized spacial score (nSPS) is 7.27. The number of benzene rings is 1. The van der Waals surface area contributed by atoms with Crippen LogP contribution in [0.4, 0.5) is 0 Å². The van der Waals surface area contributed by atoms with Crippen molar-refractivity contribution in [3.8, 4) is 0 Å². The summed E-state index contributed by atoms with van der Waals surface area (Å²) in [4.78, 5) is 0. The largest absolute Gasteiger partial charge is 0.364 e. The maximum Gasteiger partial charge on any atom is 0.178 e. The summed E-state index contributed by atoms with van der Waals surface area (Å²) in [5, 5.41) is 17.2. The molecule has 0 fully saturated rings. The molecule has 0 bridgehead atoms. The SMILES string of the molecule is CC.CC.CC.OC(O)c1ccccc1. The van der Waals surface area contributed by atoms with Gasteiger partial charge in [0.05, 0.1) is 0 Å². The molecule has 1 rings (SSSR count). The lowest BCUT2D eigenvalue weighted by Crippen LogP contribution is -1.92. The highest BCUT2D eigenvalue weighted by Crippen LogP contribution is 2.06. The quantitative estimate of drug-likeness (QED) is 0.699. The number of hydrogen-bond donors (Lipinski definition) is 2. The van der Waals surface area contributed by atoms with Crippen LogP contribution in [0.15, 0.2) is 30.3 Å². The molecule has 0 aliphatic heterocycles. The maximum absolute atomic E-state index is 8.58. The molecule has 0 amide bonds. The zero-order chi connectivity index (χ0) is 12.7. The summed E-state index contributed by atoms with van der Waals surface area (Å²) in [5.41, 5.74) is 0.525. The van der Waals surface area contributed by atoms with Crippen molar-refractivity contribution in [3.05, 3.63) is 35.9 Å². The van der Waals surface area contributed by atoms with Gasteiger partial charge in [-0.1, -0.05) is 71.9 Å². The van der Waals surface area contributed by atoms with E-state index in [0.717, 1.165) is 0 Å². The predicted octanol–water partition coefficient (Wildman–Crippen LogP) is 3.75. The second kappa shape index (κ2) is 18.8. The van der Waals surface area contributed by atoms with Crippen LogP contribution in [0.5, 0.6) is 0 Å². The third-order valence-electron chi connectivity index (χ3n) is 1.10. The van der Waals surface area contributed by atoms with Crippen LogP contribution in [0.3, 0.4) is 0 Å². The van der Waals surface area contributed by atoms with Gasteiger partial charge in [-0.05, 0) is 0 Å². The molecule has 0 unspecified atom stereocenters. The molecular formula is C13H26O2. The molecule has 1 aromatic rings. The summed E-state index contributed by atoms with van der Waals surface area (Å²) in [7, 11) is 0. The lowest BCUT2D eigenvalue weighted by atomic mass is 10.2. The van der Waals surface area contributed by atoms with Crippen molar-refractivity contribution < 1.29 is 10.2 Å². The van der Waals surface area contributed by atoms with E-state index in [-0.39, 0.29) is 0 Å². The molecule has 2 N–H and O–H groups in total. The number of rotatable bonds is 1. The summed E-state index contributed by atoms with van der Waals surface area (Å²) in [6, 6.07) is 8.66. The van der Waals surface area contributed by atoms with E-state index in [2.05, 4.69) is 0 Å². The fourth-order valence-electron chi connectivity index (χ4n) is 0.625. The Balaban J connectivity index is -0.000000208. The standard InChI is InChI=1S/C7H8O2.3C2H6/c8-7(9)6-4-2-1-3-5-6;3*1-2/h1-5,7-9H;3*1-2H3. The van der Waals surface area contributed by atoms with E-state index in [1.807, 2.05) is 47.6 Å². The Kier molecular flexibility index (Phi) is 24.7. The van der Waals surface area contributed by atoms with Gasteiger partial charge in [-0.3, -0.25) is 0 Å². The van der Waals surface area contributed by atoms with E-state index >= 15 is 0 Å². The van der Waals surface area contributed by atoms with E-state index in [4.69, 9.17) is 10.2 Å². The Morgan fingerprint density at radius 3 is 1.27 bits per heavy atom. The molecule has 15 heavy (non-hydrogen) atoms. The van der Waals surface area contributed by atoms with Gasteiger partial charge in [0.15, 0.2) is 6.29 Å². The lowest BCUT2D eigenvalue weighted by Gasteiger charge is -1.99. The van der Waals surface area contributed by atoms with Gasteiger partial charge in [0.1, 0.15) is 0 Å². The number of aliphatic hydroxyl groups is 2. The van der Waals surface area contributed by atoms with Crippen LogP contribution in [-0.2, 0) is 0 Å². The third-order valence-corrected chi connectivity index (χ3v) is 1.10. The molecular weight excluding hydrogens is 188 g/mol. The van der Waals surface area contributed by atoms with Crippen LogP contribution < -0.4 is 0 Å². The van der Waals surface area contributed by atoms with Crippen molar-refractivity contribution in [1.29, 1.82) is 0 Å². The summed E-state index contributed by atoms with van der Waals surface area (Å²) in [5.74, 6) is 0. The molecule has 0 heterocycles. The van der Waals surface area contributed by atoms with Crippen LogP contribution in [0.25, 0.3) is 0 Å². The molecule has 0 aliphatic carbocycles. The zero-order valence-corrected chi connectivity index (χ0v) is 10.9. The van der Waals surface area contributed by atoms with E-state index in [0.29, 0.717) is 5.56 Å². The Labute approximate surface area is 94.6 Å². The van der Waals surface area contributed by atoms with Gasteiger partial charge < -0.3 is 10.2 Å². The minimum Gasteiger partial charge on any atom is -0.364 e.